The van der Waals surface area contributed by atoms with Gasteiger partial charge in [-0.3, -0.25) is 0 Å². The number of aliphatic hydroxyl groups excluding tert-OH is 1. The molecule has 1 unspecified atom stereocenters. The first-order valence-electron chi connectivity index (χ1n) is 3.95. The molecule has 0 amide bonds. The van der Waals surface area contributed by atoms with Crippen molar-refractivity contribution in [2.75, 3.05) is 11.9 Å². The fourth-order valence-corrected chi connectivity index (χ4v) is 1.52. The summed E-state index contributed by atoms with van der Waals surface area (Å²) in [6.45, 7) is 0.224. The summed E-state index contributed by atoms with van der Waals surface area (Å²) in [7, 11) is 0. The molecular weight excluding hydrogens is 335 g/mol. The van der Waals surface area contributed by atoms with Gasteiger partial charge in [-0.15, -0.1) is 0 Å². The van der Waals surface area contributed by atoms with Gasteiger partial charge in [-0.25, -0.2) is 0 Å². The first-order valence-corrected chi connectivity index (χ1v) is 6.24. The minimum absolute atomic E-state index is 0.224. The minimum Gasteiger partial charge on any atom is -0.489 e. The summed E-state index contributed by atoms with van der Waals surface area (Å²) in [5.41, 5.74) is 0. The van der Waals surface area contributed by atoms with Crippen molar-refractivity contribution >= 4 is 43.5 Å². The highest BCUT2D eigenvalue weighted by Crippen LogP contribution is 2.27. The number of hydrogen-bond donors (Lipinski definition) is 1. The van der Waals surface area contributed by atoms with Crippen molar-refractivity contribution in [3.05, 3.63) is 27.7 Å². The molecule has 1 rings (SSSR count). The molecule has 2 nitrogen and oxygen atoms in total. The molecule has 0 saturated heterocycles. The van der Waals surface area contributed by atoms with E-state index in [1.165, 1.54) is 0 Å². The van der Waals surface area contributed by atoms with Gasteiger partial charge in [-0.2, -0.15) is 0 Å². The van der Waals surface area contributed by atoms with Gasteiger partial charge < -0.3 is 9.84 Å². The van der Waals surface area contributed by atoms with Crippen LogP contribution in [0, 0.1) is 0 Å². The van der Waals surface area contributed by atoms with Crippen LogP contribution in [-0.4, -0.2) is 23.1 Å². The van der Waals surface area contributed by atoms with Crippen molar-refractivity contribution in [1.82, 2.24) is 0 Å². The fraction of sp³-hybridized carbons (Fsp3) is 0.333. The predicted molar refractivity (Wildman–Crippen MR) is 64.4 cm³/mol. The predicted octanol–water partition coefficient (Wildman–Crippen LogP) is 3.24. The molecule has 0 aromatic heterocycles. The summed E-state index contributed by atoms with van der Waals surface area (Å²) in [6, 6.07) is 5.33. The number of aliphatic hydroxyl groups is 1. The van der Waals surface area contributed by atoms with Gasteiger partial charge >= 0.3 is 0 Å². The Balaban J connectivity index is 2.62. The van der Waals surface area contributed by atoms with E-state index in [9.17, 15) is 5.11 Å². The third-order valence-electron chi connectivity index (χ3n) is 1.50. The van der Waals surface area contributed by atoms with Crippen LogP contribution < -0.4 is 4.74 Å². The van der Waals surface area contributed by atoms with E-state index in [4.69, 9.17) is 16.3 Å². The molecule has 0 spiro atoms. The second kappa shape index (κ2) is 5.95. The number of benzene rings is 1. The molecule has 5 heteroatoms. The Hall–Kier alpha value is 0.230. The van der Waals surface area contributed by atoms with E-state index in [2.05, 4.69) is 31.9 Å². The monoisotopic (exact) mass is 342 g/mol. The highest BCUT2D eigenvalue weighted by Gasteiger charge is 2.06. The molecule has 14 heavy (non-hydrogen) atoms. The Morgan fingerprint density at radius 2 is 2.21 bits per heavy atom. The lowest BCUT2D eigenvalue weighted by Crippen LogP contribution is -2.18. The minimum atomic E-state index is -0.523. The van der Waals surface area contributed by atoms with E-state index in [-0.39, 0.29) is 6.61 Å². The van der Waals surface area contributed by atoms with E-state index >= 15 is 0 Å². The zero-order valence-corrected chi connectivity index (χ0v) is 11.1. The maximum atomic E-state index is 9.25. The Morgan fingerprint density at radius 1 is 1.50 bits per heavy atom. The van der Waals surface area contributed by atoms with E-state index in [0.717, 1.165) is 4.47 Å². The van der Waals surface area contributed by atoms with Crippen molar-refractivity contribution in [1.29, 1.82) is 0 Å². The lowest BCUT2D eigenvalue weighted by Gasteiger charge is -2.11. The molecule has 0 radical (unpaired) electrons. The van der Waals surface area contributed by atoms with Gasteiger partial charge in [0.1, 0.15) is 12.4 Å². The molecule has 0 heterocycles. The molecule has 78 valence electrons. The Kier molecular flexibility index (Phi) is 5.23. The van der Waals surface area contributed by atoms with E-state index in [1.54, 1.807) is 12.1 Å². The Morgan fingerprint density at radius 3 is 2.86 bits per heavy atom. The first-order chi connectivity index (χ1) is 6.63. The molecule has 0 aliphatic rings. The summed E-state index contributed by atoms with van der Waals surface area (Å²) in [5, 5.41) is 10.3. The summed E-state index contributed by atoms with van der Waals surface area (Å²) in [4.78, 5) is 0. The van der Waals surface area contributed by atoms with Gasteiger partial charge in [-0.1, -0.05) is 43.5 Å². The molecule has 1 aromatic rings. The molecule has 1 aromatic carbocycles. The standard InChI is InChI=1S/C9H9Br2ClO2/c10-4-7(13)5-14-9-3-6(11)1-2-8(9)12/h1-3,7,13H,4-5H2. The highest BCUT2D eigenvalue weighted by atomic mass is 79.9. The van der Waals surface area contributed by atoms with Crippen molar-refractivity contribution in [3.63, 3.8) is 0 Å². The van der Waals surface area contributed by atoms with Crippen molar-refractivity contribution in [2.24, 2.45) is 0 Å². The highest BCUT2D eigenvalue weighted by molar-refractivity contribution is 9.10. The second-order valence-corrected chi connectivity index (χ2v) is 4.66. The number of halogens is 3. The Labute approximate surface area is 104 Å². The summed E-state index contributed by atoms with van der Waals surface area (Å²) in [6.07, 6.45) is -0.523. The van der Waals surface area contributed by atoms with Crippen LogP contribution >= 0.6 is 43.5 Å². The maximum absolute atomic E-state index is 9.25. The number of ether oxygens (including phenoxy) is 1. The van der Waals surface area contributed by atoms with Gasteiger partial charge in [0, 0.05) is 9.80 Å². The van der Waals surface area contributed by atoms with Gasteiger partial charge in [0.2, 0.25) is 0 Å². The fourth-order valence-electron chi connectivity index (χ4n) is 0.818. The van der Waals surface area contributed by atoms with Crippen LogP contribution in [-0.2, 0) is 0 Å². The average Bonchev–Trinajstić information content (AvgIpc) is 2.19. The lowest BCUT2D eigenvalue weighted by molar-refractivity contribution is 0.127. The zero-order valence-electron chi connectivity index (χ0n) is 7.21. The van der Waals surface area contributed by atoms with E-state index in [0.29, 0.717) is 16.1 Å². The average molecular weight is 344 g/mol. The largest absolute Gasteiger partial charge is 0.489 e. The van der Waals surface area contributed by atoms with Crippen LogP contribution in [0.4, 0.5) is 0 Å². The van der Waals surface area contributed by atoms with Crippen LogP contribution in [0.2, 0.25) is 5.02 Å². The van der Waals surface area contributed by atoms with Crippen LogP contribution in [0.15, 0.2) is 22.7 Å². The molecule has 0 bridgehead atoms. The van der Waals surface area contributed by atoms with Gasteiger partial charge in [0.05, 0.1) is 11.1 Å². The van der Waals surface area contributed by atoms with E-state index < -0.39 is 6.10 Å². The zero-order chi connectivity index (χ0) is 10.6. The molecule has 0 fully saturated rings. The third kappa shape index (κ3) is 3.77. The SMILES string of the molecule is OC(CBr)COc1cc(Br)ccc1Cl. The quantitative estimate of drug-likeness (QED) is 0.850. The molecule has 0 aliphatic carbocycles. The van der Waals surface area contributed by atoms with Gasteiger partial charge in [0.25, 0.3) is 0 Å². The molecule has 1 atom stereocenters. The maximum Gasteiger partial charge on any atom is 0.139 e. The number of alkyl halides is 1. The first kappa shape index (κ1) is 12.3. The third-order valence-corrected chi connectivity index (χ3v) is 3.06. The molecular formula is C9H9Br2ClO2. The molecule has 0 aliphatic heterocycles. The Bertz CT molecular complexity index is 307. The van der Waals surface area contributed by atoms with Gasteiger partial charge in [-0.05, 0) is 18.2 Å². The topological polar surface area (TPSA) is 29.5 Å². The van der Waals surface area contributed by atoms with Crippen LogP contribution in [0.25, 0.3) is 0 Å². The van der Waals surface area contributed by atoms with Gasteiger partial charge in [0.15, 0.2) is 0 Å². The molecule has 1 N–H and O–H groups in total. The smallest absolute Gasteiger partial charge is 0.139 e. The second-order valence-electron chi connectivity index (χ2n) is 2.69. The van der Waals surface area contributed by atoms with E-state index in [1.807, 2.05) is 6.07 Å². The van der Waals surface area contributed by atoms with Crippen molar-refractivity contribution in [2.45, 2.75) is 6.10 Å². The summed E-state index contributed by atoms with van der Waals surface area (Å²) >= 11 is 12.3. The van der Waals surface area contributed by atoms with Crippen LogP contribution in [0.1, 0.15) is 0 Å². The van der Waals surface area contributed by atoms with Crippen molar-refractivity contribution < 1.29 is 9.84 Å². The summed E-state index contributed by atoms with van der Waals surface area (Å²) < 4.78 is 6.22. The molecule has 0 saturated carbocycles. The number of hydrogen-bond acceptors (Lipinski definition) is 2. The summed E-state index contributed by atoms with van der Waals surface area (Å²) in [5.74, 6) is 0.570. The lowest BCUT2D eigenvalue weighted by atomic mass is 10.3. The van der Waals surface area contributed by atoms with Crippen LogP contribution in [0.3, 0.4) is 0 Å². The normalized spacial score (nSPS) is 12.6. The number of rotatable bonds is 4. The van der Waals surface area contributed by atoms with Crippen molar-refractivity contribution in [3.8, 4) is 5.75 Å². The van der Waals surface area contributed by atoms with Crippen LogP contribution in [0.5, 0.6) is 5.75 Å².